The van der Waals surface area contributed by atoms with Crippen molar-refractivity contribution in [2.24, 2.45) is 0 Å². The molecular weight excluding hydrogens is 386 g/mol. The minimum absolute atomic E-state index is 0.0194. The molecular formula is C18H19N3O2S3. The first-order valence-corrected chi connectivity index (χ1v) is 10.7. The third-order valence-electron chi connectivity index (χ3n) is 3.67. The molecule has 3 heterocycles. The largest absolute Gasteiger partial charge is 0.351 e. The summed E-state index contributed by atoms with van der Waals surface area (Å²) in [6, 6.07) is 6.04. The molecule has 0 unspecified atom stereocenters. The highest BCUT2D eigenvalue weighted by Crippen LogP contribution is 2.34. The lowest BCUT2D eigenvalue weighted by molar-refractivity contribution is -0.119. The molecule has 0 bridgehead atoms. The number of aromatic nitrogens is 1. The van der Waals surface area contributed by atoms with Gasteiger partial charge in [0.25, 0.3) is 0 Å². The van der Waals surface area contributed by atoms with Crippen molar-refractivity contribution in [3.63, 3.8) is 0 Å². The van der Waals surface area contributed by atoms with E-state index in [1.165, 1.54) is 23.8 Å². The highest BCUT2D eigenvalue weighted by atomic mass is 32.1. The number of hydrogen-bond acceptors (Lipinski definition) is 6. The Bertz CT molecular complexity index is 897. The maximum Gasteiger partial charge on any atom is 0.226 e. The number of nitrogens with zero attached hydrogens (tertiary/aromatic N) is 1. The van der Waals surface area contributed by atoms with Crippen LogP contribution in [0.1, 0.15) is 28.7 Å². The predicted molar refractivity (Wildman–Crippen MR) is 109 cm³/mol. The number of rotatable bonds is 7. The molecule has 0 saturated carbocycles. The van der Waals surface area contributed by atoms with E-state index in [-0.39, 0.29) is 11.8 Å². The topological polar surface area (TPSA) is 71.1 Å². The van der Waals surface area contributed by atoms with Gasteiger partial charge in [-0.15, -0.1) is 22.7 Å². The minimum atomic E-state index is -0.0442. The molecule has 0 radical (unpaired) electrons. The van der Waals surface area contributed by atoms with Gasteiger partial charge in [0.1, 0.15) is 0 Å². The van der Waals surface area contributed by atoms with Crippen LogP contribution in [-0.2, 0) is 22.6 Å². The molecule has 0 aliphatic carbocycles. The Kier molecular flexibility index (Phi) is 6.18. The second kappa shape index (κ2) is 8.57. The van der Waals surface area contributed by atoms with Crippen molar-refractivity contribution < 1.29 is 9.59 Å². The molecule has 0 fully saturated rings. The molecule has 0 aromatic carbocycles. The van der Waals surface area contributed by atoms with Crippen molar-refractivity contribution in [3.05, 3.63) is 44.3 Å². The van der Waals surface area contributed by atoms with Crippen molar-refractivity contribution in [2.45, 2.75) is 33.2 Å². The van der Waals surface area contributed by atoms with Gasteiger partial charge in [-0.1, -0.05) is 0 Å². The molecule has 5 nitrogen and oxygen atoms in total. The van der Waals surface area contributed by atoms with Crippen LogP contribution >= 0.6 is 34.0 Å². The van der Waals surface area contributed by atoms with E-state index in [2.05, 4.69) is 21.0 Å². The molecule has 3 aromatic rings. The molecule has 3 rings (SSSR count). The molecule has 0 spiro atoms. The number of thiophene rings is 2. The van der Waals surface area contributed by atoms with Gasteiger partial charge >= 0.3 is 0 Å². The molecule has 2 amide bonds. The third-order valence-corrected chi connectivity index (χ3v) is 6.38. The highest BCUT2D eigenvalue weighted by molar-refractivity contribution is 7.18. The summed E-state index contributed by atoms with van der Waals surface area (Å²) in [5.41, 5.74) is 2.08. The Morgan fingerprint density at radius 2 is 2.04 bits per heavy atom. The summed E-state index contributed by atoms with van der Waals surface area (Å²) < 4.78 is 0. The highest BCUT2D eigenvalue weighted by Gasteiger charge is 2.14. The summed E-state index contributed by atoms with van der Waals surface area (Å²) in [5.74, 6) is -0.0636. The molecule has 0 aliphatic rings. The summed E-state index contributed by atoms with van der Waals surface area (Å²) in [6.45, 7) is 4.03. The van der Waals surface area contributed by atoms with E-state index in [4.69, 9.17) is 0 Å². The summed E-state index contributed by atoms with van der Waals surface area (Å²) in [4.78, 5) is 30.9. The first-order valence-electron chi connectivity index (χ1n) is 8.13. The molecule has 136 valence electrons. The van der Waals surface area contributed by atoms with Crippen LogP contribution in [0.4, 0.5) is 5.13 Å². The van der Waals surface area contributed by atoms with E-state index in [9.17, 15) is 9.59 Å². The Morgan fingerprint density at radius 3 is 2.77 bits per heavy atom. The van der Waals surface area contributed by atoms with Crippen LogP contribution in [0.5, 0.6) is 0 Å². The number of hydrogen-bond donors (Lipinski definition) is 2. The Labute approximate surface area is 164 Å². The number of amides is 2. The fraction of sp³-hybridized carbons (Fsp3) is 0.278. The van der Waals surface area contributed by atoms with E-state index in [0.29, 0.717) is 18.1 Å². The van der Waals surface area contributed by atoms with Crippen molar-refractivity contribution in [1.29, 1.82) is 0 Å². The van der Waals surface area contributed by atoms with Crippen molar-refractivity contribution in [3.8, 4) is 10.6 Å². The quantitative estimate of drug-likeness (QED) is 0.610. The summed E-state index contributed by atoms with van der Waals surface area (Å²) in [6.07, 6.45) is 1.19. The van der Waals surface area contributed by atoms with E-state index in [0.717, 1.165) is 26.7 Å². The number of aryl methyl sites for hydroxylation is 2. The average Bonchev–Trinajstić information content (AvgIpc) is 3.32. The van der Waals surface area contributed by atoms with Gasteiger partial charge in [-0.3, -0.25) is 9.59 Å². The lowest BCUT2D eigenvalue weighted by Gasteiger charge is -2.00. The lowest BCUT2D eigenvalue weighted by atomic mass is 10.2. The van der Waals surface area contributed by atoms with Crippen molar-refractivity contribution >= 4 is 51.0 Å². The Balaban J connectivity index is 1.61. The summed E-state index contributed by atoms with van der Waals surface area (Å²) >= 11 is 4.73. The smallest absolute Gasteiger partial charge is 0.226 e. The first-order chi connectivity index (χ1) is 12.5. The molecule has 3 aromatic heterocycles. The van der Waals surface area contributed by atoms with Gasteiger partial charge in [-0.2, -0.15) is 11.3 Å². The number of thiazole rings is 1. The van der Waals surface area contributed by atoms with E-state index < -0.39 is 0 Å². The molecule has 8 heteroatoms. The predicted octanol–water partition coefficient (Wildman–Crippen LogP) is 4.45. The number of carbonyl (C=O) groups is 2. The third kappa shape index (κ3) is 5.00. The number of nitrogens with one attached hydrogen (secondary N) is 2. The van der Waals surface area contributed by atoms with Crippen LogP contribution in [0, 0.1) is 6.92 Å². The molecule has 26 heavy (non-hydrogen) atoms. The molecule has 0 saturated heterocycles. The Hall–Kier alpha value is -2.03. The van der Waals surface area contributed by atoms with E-state index in [1.807, 2.05) is 30.5 Å². The average molecular weight is 406 g/mol. The molecule has 0 aliphatic heterocycles. The zero-order valence-corrected chi connectivity index (χ0v) is 16.9. The van der Waals surface area contributed by atoms with Crippen LogP contribution in [0.2, 0.25) is 0 Å². The fourth-order valence-electron chi connectivity index (χ4n) is 2.36. The van der Waals surface area contributed by atoms with Gasteiger partial charge in [0.2, 0.25) is 11.8 Å². The van der Waals surface area contributed by atoms with Gasteiger partial charge in [-0.25, -0.2) is 4.98 Å². The van der Waals surface area contributed by atoms with Crippen molar-refractivity contribution in [2.75, 3.05) is 5.32 Å². The Morgan fingerprint density at radius 1 is 1.19 bits per heavy atom. The van der Waals surface area contributed by atoms with E-state index >= 15 is 0 Å². The zero-order chi connectivity index (χ0) is 18.5. The number of anilines is 1. The standard InChI is InChI=1S/C18H19N3O2S3/c1-11-17(15-5-4-14(26-15)9-19-12(2)22)21-18(25-11)20-16(23)6-3-13-7-8-24-10-13/h4-5,7-8,10H,3,6,9H2,1-2H3,(H,19,22)(H,20,21,23). The SMILES string of the molecule is CC(=O)NCc1ccc(-c2nc(NC(=O)CCc3ccsc3)sc2C)s1. The zero-order valence-electron chi connectivity index (χ0n) is 14.5. The second-order valence-corrected chi connectivity index (χ2v) is 8.93. The molecule has 0 atom stereocenters. The van der Waals surface area contributed by atoms with Gasteiger partial charge in [0, 0.05) is 23.1 Å². The van der Waals surface area contributed by atoms with E-state index in [1.54, 1.807) is 22.7 Å². The summed E-state index contributed by atoms with van der Waals surface area (Å²) in [5, 5.41) is 10.4. The maximum absolute atomic E-state index is 12.1. The fourth-order valence-corrected chi connectivity index (χ4v) is 4.97. The number of carbonyl (C=O) groups excluding carboxylic acids is 2. The van der Waals surface area contributed by atoms with Crippen LogP contribution in [0.15, 0.2) is 29.0 Å². The van der Waals surface area contributed by atoms with Gasteiger partial charge in [-0.05, 0) is 47.9 Å². The van der Waals surface area contributed by atoms with Gasteiger partial charge in [0.05, 0.1) is 17.1 Å². The monoisotopic (exact) mass is 405 g/mol. The van der Waals surface area contributed by atoms with Crippen molar-refractivity contribution in [1.82, 2.24) is 10.3 Å². The maximum atomic E-state index is 12.1. The lowest BCUT2D eigenvalue weighted by Crippen LogP contribution is -2.17. The second-order valence-electron chi connectivity index (χ2n) is 5.78. The summed E-state index contributed by atoms with van der Waals surface area (Å²) in [7, 11) is 0. The normalized spacial score (nSPS) is 10.7. The van der Waals surface area contributed by atoms with Crippen LogP contribution in [-0.4, -0.2) is 16.8 Å². The van der Waals surface area contributed by atoms with Crippen LogP contribution in [0.25, 0.3) is 10.6 Å². The first kappa shape index (κ1) is 18.8. The minimum Gasteiger partial charge on any atom is -0.351 e. The van der Waals surface area contributed by atoms with Gasteiger partial charge in [0.15, 0.2) is 5.13 Å². The molecule has 2 N–H and O–H groups in total. The van der Waals surface area contributed by atoms with Crippen LogP contribution < -0.4 is 10.6 Å². The van der Waals surface area contributed by atoms with Gasteiger partial charge < -0.3 is 10.6 Å². The van der Waals surface area contributed by atoms with Crippen LogP contribution in [0.3, 0.4) is 0 Å².